The second-order valence-electron chi connectivity index (χ2n) is 9.93. The number of carbonyl (C=O) groups excluding carboxylic acids is 1. The number of aromatic hydroxyl groups is 1. The SMILES string of the molecule is CCC(=O)c1c(CCC(=O)O)cccc1-c1cc(C(C)(C)C)c(O)c(C(C)(C)C)c1. The molecule has 0 radical (unpaired) electrons. The molecule has 0 aliphatic rings. The fourth-order valence-corrected chi connectivity index (χ4v) is 3.73. The van der Waals surface area contributed by atoms with Crippen molar-refractivity contribution in [2.24, 2.45) is 0 Å². The third-order valence-electron chi connectivity index (χ3n) is 5.40. The van der Waals surface area contributed by atoms with E-state index in [2.05, 4.69) is 41.5 Å². The highest BCUT2D eigenvalue weighted by molar-refractivity contribution is 6.03. The summed E-state index contributed by atoms with van der Waals surface area (Å²) in [6, 6.07) is 9.56. The Labute approximate surface area is 180 Å². The van der Waals surface area contributed by atoms with Gasteiger partial charge in [0, 0.05) is 29.5 Å². The number of hydrogen-bond acceptors (Lipinski definition) is 3. The lowest BCUT2D eigenvalue weighted by molar-refractivity contribution is -0.136. The first-order valence-electron chi connectivity index (χ1n) is 10.5. The zero-order valence-corrected chi connectivity index (χ0v) is 19.2. The van der Waals surface area contributed by atoms with Crippen LogP contribution >= 0.6 is 0 Å². The van der Waals surface area contributed by atoms with Crippen LogP contribution in [0.4, 0.5) is 0 Å². The third-order valence-corrected chi connectivity index (χ3v) is 5.40. The molecular formula is C26H34O4. The lowest BCUT2D eigenvalue weighted by Gasteiger charge is -2.28. The molecule has 0 spiro atoms. The van der Waals surface area contributed by atoms with E-state index in [0.29, 0.717) is 24.2 Å². The fraction of sp³-hybridized carbons (Fsp3) is 0.462. The molecule has 0 bridgehead atoms. The molecule has 0 unspecified atom stereocenters. The van der Waals surface area contributed by atoms with E-state index in [1.54, 1.807) is 0 Å². The number of Topliss-reactive ketones (excluding diaryl/α,β-unsaturated/α-hetero) is 1. The van der Waals surface area contributed by atoms with Crippen molar-refractivity contribution in [1.82, 2.24) is 0 Å². The summed E-state index contributed by atoms with van der Waals surface area (Å²) in [7, 11) is 0. The summed E-state index contributed by atoms with van der Waals surface area (Å²) in [6.45, 7) is 14.1. The Morgan fingerprint density at radius 3 is 1.90 bits per heavy atom. The number of aryl methyl sites for hydroxylation is 1. The highest BCUT2D eigenvalue weighted by Gasteiger charge is 2.28. The Morgan fingerprint density at radius 2 is 1.47 bits per heavy atom. The molecule has 0 fully saturated rings. The van der Waals surface area contributed by atoms with E-state index in [9.17, 15) is 14.7 Å². The number of carboxylic acids is 1. The summed E-state index contributed by atoms with van der Waals surface area (Å²) in [5.74, 6) is -0.595. The van der Waals surface area contributed by atoms with Gasteiger partial charge in [-0.15, -0.1) is 0 Å². The Bertz CT molecular complexity index is 921. The van der Waals surface area contributed by atoms with Crippen LogP contribution in [0.3, 0.4) is 0 Å². The third kappa shape index (κ3) is 5.10. The average molecular weight is 411 g/mol. The fourth-order valence-electron chi connectivity index (χ4n) is 3.73. The van der Waals surface area contributed by atoms with Crippen LogP contribution in [0.1, 0.15) is 88.4 Å². The van der Waals surface area contributed by atoms with Gasteiger partial charge in [-0.05, 0) is 46.1 Å². The minimum Gasteiger partial charge on any atom is -0.507 e. The molecule has 0 amide bonds. The molecule has 2 aromatic carbocycles. The molecule has 4 nitrogen and oxygen atoms in total. The smallest absolute Gasteiger partial charge is 0.303 e. The second kappa shape index (κ2) is 8.63. The van der Waals surface area contributed by atoms with Crippen LogP contribution in [-0.2, 0) is 22.0 Å². The maximum Gasteiger partial charge on any atom is 0.303 e. The van der Waals surface area contributed by atoms with Gasteiger partial charge in [0.25, 0.3) is 0 Å². The van der Waals surface area contributed by atoms with Crippen molar-refractivity contribution in [2.75, 3.05) is 0 Å². The van der Waals surface area contributed by atoms with E-state index < -0.39 is 5.97 Å². The summed E-state index contributed by atoms with van der Waals surface area (Å²) in [5, 5.41) is 20.1. The van der Waals surface area contributed by atoms with Gasteiger partial charge >= 0.3 is 5.97 Å². The zero-order chi connectivity index (χ0) is 22.9. The summed E-state index contributed by atoms with van der Waals surface area (Å²) >= 11 is 0. The van der Waals surface area contributed by atoms with Gasteiger partial charge in [-0.3, -0.25) is 9.59 Å². The maximum atomic E-state index is 12.9. The van der Waals surface area contributed by atoms with Crippen molar-refractivity contribution in [2.45, 2.75) is 78.6 Å². The van der Waals surface area contributed by atoms with Gasteiger partial charge in [-0.2, -0.15) is 0 Å². The van der Waals surface area contributed by atoms with E-state index in [1.165, 1.54) is 0 Å². The molecule has 0 aliphatic carbocycles. The lowest BCUT2D eigenvalue weighted by Crippen LogP contribution is -2.17. The Morgan fingerprint density at radius 1 is 0.933 bits per heavy atom. The molecular weight excluding hydrogens is 376 g/mol. The van der Waals surface area contributed by atoms with Crippen LogP contribution in [0.25, 0.3) is 11.1 Å². The molecule has 30 heavy (non-hydrogen) atoms. The Kier molecular flexibility index (Phi) is 6.80. The molecule has 2 N–H and O–H groups in total. The van der Waals surface area contributed by atoms with Crippen molar-refractivity contribution >= 4 is 11.8 Å². The second-order valence-corrected chi connectivity index (χ2v) is 9.93. The number of ketones is 1. The number of rotatable bonds is 6. The molecule has 0 saturated carbocycles. The molecule has 2 rings (SSSR count). The largest absolute Gasteiger partial charge is 0.507 e. The molecule has 162 valence electrons. The van der Waals surface area contributed by atoms with Crippen LogP contribution in [0.15, 0.2) is 30.3 Å². The summed E-state index contributed by atoms with van der Waals surface area (Å²) in [4.78, 5) is 24.0. The predicted molar refractivity (Wildman–Crippen MR) is 122 cm³/mol. The number of hydrogen-bond donors (Lipinski definition) is 2. The van der Waals surface area contributed by atoms with Crippen LogP contribution in [0.5, 0.6) is 5.75 Å². The number of carbonyl (C=O) groups is 2. The monoisotopic (exact) mass is 410 g/mol. The van der Waals surface area contributed by atoms with Crippen molar-refractivity contribution in [3.63, 3.8) is 0 Å². The van der Waals surface area contributed by atoms with Gasteiger partial charge in [0.15, 0.2) is 5.78 Å². The standard InChI is InChI=1S/C26H34O4/c1-8-21(27)23-16(12-13-22(28)29)10-9-11-18(23)17-14-19(25(2,3)4)24(30)20(15-17)26(5,6)7/h9-11,14-15,30H,8,12-13H2,1-7H3,(H,28,29). The molecule has 4 heteroatoms. The van der Waals surface area contributed by atoms with Crippen LogP contribution in [0, 0.1) is 0 Å². The topological polar surface area (TPSA) is 74.6 Å². The summed E-state index contributed by atoms with van der Waals surface area (Å²) in [5.41, 5.74) is 4.10. The molecule has 0 atom stereocenters. The number of phenols is 1. The van der Waals surface area contributed by atoms with Gasteiger partial charge in [0.1, 0.15) is 5.75 Å². The van der Waals surface area contributed by atoms with Crippen molar-refractivity contribution in [3.05, 3.63) is 52.6 Å². The molecule has 0 aromatic heterocycles. The molecule has 0 heterocycles. The van der Waals surface area contributed by atoms with E-state index in [0.717, 1.165) is 27.8 Å². The average Bonchev–Trinajstić information content (AvgIpc) is 2.63. The zero-order valence-electron chi connectivity index (χ0n) is 19.2. The Balaban J connectivity index is 2.84. The van der Waals surface area contributed by atoms with Gasteiger partial charge in [-0.1, -0.05) is 66.7 Å². The normalized spacial score (nSPS) is 12.1. The summed E-state index contributed by atoms with van der Waals surface area (Å²) in [6.07, 6.45) is 0.623. The van der Waals surface area contributed by atoms with Gasteiger partial charge in [-0.25, -0.2) is 0 Å². The number of benzene rings is 2. The first kappa shape index (κ1) is 23.7. The van der Waals surface area contributed by atoms with Crippen molar-refractivity contribution < 1.29 is 19.8 Å². The van der Waals surface area contributed by atoms with Crippen LogP contribution in [0.2, 0.25) is 0 Å². The molecule has 0 aliphatic heterocycles. The van der Waals surface area contributed by atoms with Gasteiger partial charge < -0.3 is 10.2 Å². The number of carboxylic acid groups (broad SMARTS) is 1. The first-order valence-corrected chi connectivity index (χ1v) is 10.5. The van der Waals surface area contributed by atoms with E-state index in [-0.39, 0.29) is 23.0 Å². The van der Waals surface area contributed by atoms with E-state index in [1.807, 2.05) is 37.3 Å². The minimum absolute atomic E-state index is 0.00585. The van der Waals surface area contributed by atoms with Crippen LogP contribution < -0.4 is 0 Å². The van der Waals surface area contributed by atoms with E-state index in [4.69, 9.17) is 5.11 Å². The highest BCUT2D eigenvalue weighted by Crippen LogP contribution is 2.43. The van der Waals surface area contributed by atoms with Crippen molar-refractivity contribution in [1.29, 1.82) is 0 Å². The van der Waals surface area contributed by atoms with Gasteiger partial charge in [0.05, 0.1) is 0 Å². The highest BCUT2D eigenvalue weighted by atomic mass is 16.4. The van der Waals surface area contributed by atoms with Crippen molar-refractivity contribution in [3.8, 4) is 16.9 Å². The molecule has 0 saturated heterocycles. The maximum absolute atomic E-state index is 12.9. The minimum atomic E-state index is -0.884. The molecule has 2 aromatic rings. The predicted octanol–water partition coefficient (Wildman–Crippen LogP) is 6.26. The Hall–Kier alpha value is -2.62. The van der Waals surface area contributed by atoms with E-state index >= 15 is 0 Å². The lowest BCUT2D eigenvalue weighted by atomic mass is 9.77. The first-order chi connectivity index (χ1) is 13.8. The van der Waals surface area contributed by atoms with Gasteiger partial charge in [0.2, 0.25) is 0 Å². The quantitative estimate of drug-likeness (QED) is 0.551. The number of phenolic OH excluding ortho intramolecular Hbond substituents is 1. The van der Waals surface area contributed by atoms with Crippen LogP contribution in [-0.4, -0.2) is 22.0 Å². The number of aliphatic carboxylic acids is 1. The summed E-state index contributed by atoms with van der Waals surface area (Å²) < 4.78 is 0.